The molecule has 0 atom stereocenters. The monoisotopic (exact) mass is 471 g/mol. The molecule has 6 nitrogen and oxygen atoms in total. The van der Waals surface area contributed by atoms with Crippen molar-refractivity contribution in [2.45, 2.75) is 16.2 Å². The second-order valence-electron chi connectivity index (χ2n) is 6.30. The quantitative estimate of drug-likeness (QED) is 0.242. The van der Waals surface area contributed by atoms with Crippen LogP contribution in [0, 0.1) is 0 Å². The maximum Gasteiger partial charge on any atom is 0.573 e. The van der Waals surface area contributed by atoms with Crippen molar-refractivity contribution in [3.63, 3.8) is 0 Å². The summed E-state index contributed by atoms with van der Waals surface area (Å²) in [5.41, 5.74) is 0.0987. The lowest BCUT2D eigenvalue weighted by Gasteiger charge is -2.15. The molecule has 3 aromatic carbocycles. The van der Waals surface area contributed by atoms with Crippen LogP contribution in [-0.2, 0) is 10.0 Å². The number of fused-ring (bicyclic) bond motifs is 1. The van der Waals surface area contributed by atoms with Gasteiger partial charge in [-0.15, -0.1) is 24.9 Å². The van der Waals surface area contributed by atoms with Gasteiger partial charge in [0, 0.05) is 16.8 Å². The lowest BCUT2D eigenvalue weighted by molar-refractivity contribution is -0.274. The first kappa shape index (κ1) is 22.6. The molecule has 164 valence electrons. The highest BCUT2D eigenvalue weighted by Gasteiger charge is 2.31. The Morgan fingerprint density at radius 2 is 1.77 bits per heavy atom. The van der Waals surface area contributed by atoms with E-state index in [1.54, 1.807) is 24.3 Å². The number of rotatable bonds is 7. The Morgan fingerprint density at radius 3 is 2.42 bits per heavy atom. The smallest absolute Gasteiger partial charge is 0.512 e. The Morgan fingerprint density at radius 1 is 1.10 bits per heavy atom. The van der Waals surface area contributed by atoms with E-state index in [2.05, 4.69) is 16.0 Å². The normalized spacial score (nSPS) is 12.0. The summed E-state index contributed by atoms with van der Waals surface area (Å²) in [5.74, 6) is -0.857. The van der Waals surface area contributed by atoms with Crippen LogP contribution in [0.1, 0.15) is 0 Å². The van der Waals surface area contributed by atoms with Gasteiger partial charge >= 0.3 is 6.36 Å². The van der Waals surface area contributed by atoms with E-state index in [-0.39, 0.29) is 27.8 Å². The number of phenolic OH excluding ortho intramolecular Hbond substituents is 1. The minimum Gasteiger partial charge on any atom is -0.512 e. The van der Waals surface area contributed by atoms with Crippen molar-refractivity contribution in [1.29, 1.82) is 0 Å². The van der Waals surface area contributed by atoms with E-state index in [1.165, 1.54) is 6.07 Å². The molecule has 3 rings (SSSR count). The van der Waals surface area contributed by atoms with Crippen molar-refractivity contribution < 1.29 is 36.5 Å². The third kappa shape index (κ3) is 5.56. The third-order valence-corrected chi connectivity index (χ3v) is 6.43. The molecule has 0 aliphatic heterocycles. The summed E-state index contributed by atoms with van der Waals surface area (Å²) >= 11 is 1.04. The Balaban J connectivity index is 2.03. The highest BCUT2D eigenvalue weighted by atomic mass is 32.2. The van der Waals surface area contributed by atoms with Crippen LogP contribution in [0.15, 0.2) is 76.7 Å². The van der Waals surface area contributed by atoms with E-state index in [0.29, 0.717) is 10.8 Å². The number of sulfonamides is 1. The van der Waals surface area contributed by atoms with Gasteiger partial charge in [-0.3, -0.25) is 4.72 Å². The maximum atomic E-state index is 12.9. The minimum atomic E-state index is -4.97. The zero-order chi connectivity index (χ0) is 22.8. The molecule has 0 saturated carbocycles. The number of nitrogens with one attached hydrogen (secondary N) is 1. The largest absolute Gasteiger partial charge is 0.573 e. The molecule has 0 heterocycles. The predicted molar refractivity (Wildman–Crippen MR) is 112 cm³/mol. The Labute approximate surface area is 180 Å². The van der Waals surface area contributed by atoms with Gasteiger partial charge in [0.25, 0.3) is 10.0 Å². The van der Waals surface area contributed by atoms with Gasteiger partial charge in [0.15, 0.2) is 0 Å². The van der Waals surface area contributed by atoms with Crippen LogP contribution in [0.5, 0.6) is 11.5 Å². The molecule has 0 aliphatic rings. The van der Waals surface area contributed by atoms with Crippen molar-refractivity contribution in [1.82, 2.24) is 0 Å². The number of aromatic hydroxyl groups is 1. The third-order valence-electron chi connectivity index (χ3n) is 3.97. The van der Waals surface area contributed by atoms with Crippen molar-refractivity contribution in [2.24, 2.45) is 0 Å². The van der Waals surface area contributed by atoms with Crippen LogP contribution in [0.4, 0.5) is 18.9 Å². The summed E-state index contributed by atoms with van der Waals surface area (Å²) in [5, 5.41) is 20.6. The van der Waals surface area contributed by atoms with Gasteiger partial charge in [0.05, 0.1) is 27.0 Å². The number of phenols is 1. The Kier molecular flexibility index (Phi) is 6.27. The fourth-order valence-electron chi connectivity index (χ4n) is 2.73. The number of alkyl halides is 3. The predicted octanol–water partition coefficient (Wildman–Crippen LogP) is 5.41. The van der Waals surface area contributed by atoms with Crippen molar-refractivity contribution in [3.8, 4) is 11.5 Å². The summed E-state index contributed by atoms with van der Waals surface area (Å²) in [4.78, 5) is -0.162. The molecule has 0 fully saturated rings. The Bertz CT molecular complexity index is 1240. The molecule has 0 saturated heterocycles. The van der Waals surface area contributed by atoms with Crippen LogP contribution < -0.4 is 9.46 Å². The fourth-order valence-corrected chi connectivity index (χ4v) is 4.61. The standard InChI is InChI=1S/C20H16F3NO5S2/c1-12(25)11-30-18-10-17(15-7-2-3-8-16(15)19(18)26)24-31(27,28)14-6-4-5-13(9-14)29-20(21,22)23/h2-10,24-26H,1,11H2. The minimum absolute atomic E-state index is 0.0644. The highest BCUT2D eigenvalue weighted by Crippen LogP contribution is 2.41. The van der Waals surface area contributed by atoms with Crippen molar-refractivity contribution in [3.05, 3.63) is 66.9 Å². The molecule has 11 heteroatoms. The second kappa shape index (κ2) is 8.60. The van der Waals surface area contributed by atoms with Crippen LogP contribution >= 0.6 is 11.8 Å². The molecule has 0 radical (unpaired) electrons. The number of aliphatic hydroxyl groups is 1. The number of anilines is 1. The van der Waals surface area contributed by atoms with Gasteiger partial charge in [-0.2, -0.15) is 0 Å². The second-order valence-corrected chi connectivity index (χ2v) is 9.00. The number of hydrogen-bond donors (Lipinski definition) is 3. The van der Waals surface area contributed by atoms with E-state index in [1.807, 2.05) is 0 Å². The summed E-state index contributed by atoms with van der Waals surface area (Å²) in [7, 11) is -4.30. The SMILES string of the molecule is C=C(O)CSc1cc(NS(=O)(=O)c2cccc(OC(F)(F)F)c2)c2ccccc2c1O. The highest BCUT2D eigenvalue weighted by molar-refractivity contribution is 7.99. The van der Waals surface area contributed by atoms with Gasteiger partial charge < -0.3 is 14.9 Å². The van der Waals surface area contributed by atoms with Crippen LogP contribution in [0.2, 0.25) is 0 Å². The number of ether oxygens (including phenoxy) is 1. The lowest BCUT2D eigenvalue weighted by atomic mass is 10.1. The average molecular weight is 471 g/mol. The van der Waals surface area contributed by atoms with Gasteiger partial charge in [-0.1, -0.05) is 36.9 Å². The van der Waals surface area contributed by atoms with E-state index in [4.69, 9.17) is 0 Å². The number of thioether (sulfide) groups is 1. The maximum absolute atomic E-state index is 12.9. The van der Waals surface area contributed by atoms with Crippen LogP contribution in [0.3, 0.4) is 0 Å². The lowest BCUT2D eigenvalue weighted by Crippen LogP contribution is -2.18. The van der Waals surface area contributed by atoms with Crippen LogP contribution in [0.25, 0.3) is 10.8 Å². The molecule has 0 aliphatic carbocycles. The molecule has 0 amide bonds. The molecule has 31 heavy (non-hydrogen) atoms. The molecule has 3 aromatic rings. The molecule has 3 N–H and O–H groups in total. The molecule has 0 aromatic heterocycles. The molecule has 0 bridgehead atoms. The number of aliphatic hydroxyl groups excluding tert-OH is 1. The molecule has 0 spiro atoms. The molecular weight excluding hydrogens is 455 g/mol. The van der Waals surface area contributed by atoms with Gasteiger partial charge in [0.1, 0.15) is 11.5 Å². The van der Waals surface area contributed by atoms with E-state index < -0.39 is 27.0 Å². The van der Waals surface area contributed by atoms with Crippen molar-refractivity contribution in [2.75, 3.05) is 10.5 Å². The summed E-state index contributed by atoms with van der Waals surface area (Å²) in [6.45, 7) is 3.37. The first-order chi connectivity index (χ1) is 14.5. The van der Waals surface area contributed by atoms with Gasteiger partial charge in [-0.25, -0.2) is 8.42 Å². The zero-order valence-electron chi connectivity index (χ0n) is 15.7. The van der Waals surface area contributed by atoms with E-state index >= 15 is 0 Å². The molecule has 0 unspecified atom stereocenters. The summed E-state index contributed by atoms with van der Waals surface area (Å²) in [6, 6.07) is 11.8. The average Bonchev–Trinajstić information content (AvgIpc) is 2.68. The summed E-state index contributed by atoms with van der Waals surface area (Å²) in [6.07, 6.45) is -4.97. The molecular formula is C20H16F3NO5S2. The van der Waals surface area contributed by atoms with Crippen LogP contribution in [-0.4, -0.2) is 30.7 Å². The number of halogens is 3. The van der Waals surface area contributed by atoms with Gasteiger partial charge in [0.2, 0.25) is 0 Å². The Hall–Kier alpha value is -3.05. The fraction of sp³-hybridized carbons (Fsp3) is 0.100. The zero-order valence-corrected chi connectivity index (χ0v) is 17.3. The van der Waals surface area contributed by atoms with Gasteiger partial charge in [-0.05, 0) is 18.2 Å². The van der Waals surface area contributed by atoms with E-state index in [9.17, 15) is 31.8 Å². The van der Waals surface area contributed by atoms with Crippen molar-refractivity contribution >= 4 is 38.2 Å². The van der Waals surface area contributed by atoms with E-state index in [0.717, 1.165) is 36.0 Å². The first-order valence-electron chi connectivity index (χ1n) is 8.59. The summed E-state index contributed by atoms with van der Waals surface area (Å²) < 4.78 is 69.2. The first-order valence-corrected chi connectivity index (χ1v) is 11.1. The number of hydrogen-bond acceptors (Lipinski definition) is 6. The topological polar surface area (TPSA) is 95.9 Å². The number of benzene rings is 3.